The highest BCUT2D eigenvalue weighted by atomic mass is 35.5. The van der Waals surface area contributed by atoms with Gasteiger partial charge in [-0.1, -0.05) is 17.7 Å². The Morgan fingerprint density at radius 3 is 2.67 bits per heavy atom. The summed E-state index contributed by atoms with van der Waals surface area (Å²) < 4.78 is 5.01. The van der Waals surface area contributed by atoms with Crippen LogP contribution in [-0.2, 0) is 5.54 Å². The van der Waals surface area contributed by atoms with E-state index >= 15 is 0 Å². The lowest BCUT2D eigenvalue weighted by Crippen LogP contribution is -2.42. The maximum atomic E-state index is 8.99. The molecule has 0 spiro atoms. The topological polar surface area (TPSA) is 71.1 Å². The van der Waals surface area contributed by atoms with E-state index in [-0.39, 0.29) is 0 Å². The minimum Gasteiger partial charge on any atom is -0.495 e. The third kappa shape index (κ3) is 2.21. The number of nitrogens with zero attached hydrogens (tertiary/aromatic N) is 1. The number of halogens is 1. The number of nitriles is 1. The van der Waals surface area contributed by atoms with Gasteiger partial charge in [-0.15, -0.1) is 0 Å². The Morgan fingerprint density at radius 1 is 1.60 bits per heavy atom. The number of hydrogen-bond acceptors (Lipinski definition) is 4. The molecule has 0 aliphatic rings. The predicted molar refractivity (Wildman–Crippen MR) is 58.3 cm³/mol. The van der Waals surface area contributed by atoms with Crippen LogP contribution in [-0.4, -0.2) is 7.11 Å². The van der Waals surface area contributed by atoms with E-state index in [1.54, 1.807) is 25.1 Å². The normalized spacial score (nSPS) is 14.1. The number of rotatable bonds is 3. The van der Waals surface area contributed by atoms with Gasteiger partial charge < -0.3 is 4.74 Å². The average molecular weight is 226 g/mol. The summed E-state index contributed by atoms with van der Waals surface area (Å²) in [4.78, 5) is 0. The second-order valence-corrected chi connectivity index (χ2v) is 3.64. The summed E-state index contributed by atoms with van der Waals surface area (Å²) in [5.74, 6) is 5.89. The van der Waals surface area contributed by atoms with Crippen LogP contribution in [0.1, 0.15) is 12.5 Å². The predicted octanol–water partition coefficient (Wildman–Crippen LogP) is 1.55. The molecule has 4 nitrogen and oxygen atoms in total. The molecule has 0 aliphatic carbocycles. The lowest BCUT2D eigenvalue weighted by molar-refractivity contribution is 0.413. The standard InChI is InChI=1S/C10H12ClN3O/c1-10(6-12,14-13)7-3-4-9(15-2)8(11)5-7/h3-5,14H,13H2,1-2H3. The molecule has 0 aromatic heterocycles. The van der Waals surface area contributed by atoms with Gasteiger partial charge >= 0.3 is 0 Å². The Hall–Kier alpha value is -1.28. The number of methoxy groups -OCH3 is 1. The molecule has 3 N–H and O–H groups in total. The van der Waals surface area contributed by atoms with Crippen molar-refractivity contribution < 1.29 is 4.74 Å². The molecule has 0 saturated heterocycles. The molecular weight excluding hydrogens is 214 g/mol. The first kappa shape index (κ1) is 11.8. The largest absolute Gasteiger partial charge is 0.495 e. The smallest absolute Gasteiger partial charge is 0.141 e. The van der Waals surface area contributed by atoms with Crippen molar-refractivity contribution in [2.24, 2.45) is 5.84 Å². The van der Waals surface area contributed by atoms with Crippen LogP contribution in [0.2, 0.25) is 5.02 Å². The molecule has 0 fully saturated rings. The van der Waals surface area contributed by atoms with Crippen molar-refractivity contribution in [2.75, 3.05) is 7.11 Å². The molecule has 1 aromatic carbocycles. The summed E-state index contributed by atoms with van der Waals surface area (Å²) in [5, 5.41) is 9.44. The molecule has 80 valence electrons. The van der Waals surface area contributed by atoms with Crippen LogP contribution in [0.25, 0.3) is 0 Å². The van der Waals surface area contributed by atoms with E-state index < -0.39 is 5.54 Å². The zero-order valence-electron chi connectivity index (χ0n) is 8.54. The first-order chi connectivity index (χ1) is 7.07. The van der Waals surface area contributed by atoms with E-state index in [4.69, 9.17) is 27.4 Å². The summed E-state index contributed by atoms with van der Waals surface area (Å²) in [7, 11) is 1.53. The van der Waals surface area contributed by atoms with Gasteiger partial charge in [0.25, 0.3) is 0 Å². The van der Waals surface area contributed by atoms with Crippen LogP contribution in [0.3, 0.4) is 0 Å². The van der Waals surface area contributed by atoms with Gasteiger partial charge in [-0.3, -0.25) is 5.84 Å². The van der Waals surface area contributed by atoms with Crippen molar-refractivity contribution in [3.05, 3.63) is 28.8 Å². The van der Waals surface area contributed by atoms with Gasteiger partial charge in [-0.25, -0.2) is 5.43 Å². The maximum absolute atomic E-state index is 8.99. The SMILES string of the molecule is COc1ccc(C(C)(C#N)NN)cc1Cl. The fourth-order valence-corrected chi connectivity index (χ4v) is 1.42. The Labute approximate surface area is 93.6 Å². The van der Waals surface area contributed by atoms with Crippen molar-refractivity contribution in [3.63, 3.8) is 0 Å². The van der Waals surface area contributed by atoms with E-state index in [2.05, 4.69) is 11.5 Å². The van der Waals surface area contributed by atoms with Crippen LogP contribution in [0.4, 0.5) is 0 Å². The number of benzene rings is 1. The highest BCUT2D eigenvalue weighted by Crippen LogP contribution is 2.29. The van der Waals surface area contributed by atoms with Crippen molar-refractivity contribution in [1.82, 2.24) is 5.43 Å². The fourth-order valence-electron chi connectivity index (χ4n) is 1.16. The molecule has 0 bridgehead atoms. The van der Waals surface area contributed by atoms with E-state index in [1.165, 1.54) is 7.11 Å². The summed E-state index contributed by atoms with van der Waals surface area (Å²) in [6.07, 6.45) is 0. The van der Waals surface area contributed by atoms with Gasteiger partial charge in [0.1, 0.15) is 11.3 Å². The van der Waals surface area contributed by atoms with Crippen LogP contribution in [0.15, 0.2) is 18.2 Å². The monoisotopic (exact) mass is 225 g/mol. The lowest BCUT2D eigenvalue weighted by Gasteiger charge is -2.21. The van der Waals surface area contributed by atoms with Crippen LogP contribution < -0.4 is 16.0 Å². The summed E-state index contributed by atoms with van der Waals surface area (Å²) in [5.41, 5.74) is 2.19. The molecule has 0 heterocycles. The van der Waals surface area contributed by atoms with Crippen molar-refractivity contribution in [2.45, 2.75) is 12.5 Å². The first-order valence-corrected chi connectivity index (χ1v) is 4.68. The first-order valence-electron chi connectivity index (χ1n) is 4.30. The molecule has 1 aromatic rings. The van der Waals surface area contributed by atoms with E-state index in [0.717, 1.165) is 0 Å². The van der Waals surface area contributed by atoms with E-state index in [0.29, 0.717) is 16.3 Å². The van der Waals surface area contributed by atoms with E-state index in [1.807, 2.05) is 0 Å². The number of nitrogens with one attached hydrogen (secondary N) is 1. The van der Waals surface area contributed by atoms with Crippen molar-refractivity contribution in [3.8, 4) is 11.8 Å². The lowest BCUT2D eigenvalue weighted by atomic mass is 9.94. The molecule has 0 saturated carbocycles. The maximum Gasteiger partial charge on any atom is 0.141 e. The highest BCUT2D eigenvalue weighted by Gasteiger charge is 2.25. The number of hydrogen-bond donors (Lipinski definition) is 2. The summed E-state index contributed by atoms with van der Waals surface area (Å²) in [6.45, 7) is 1.67. The van der Waals surface area contributed by atoms with Crippen LogP contribution >= 0.6 is 11.6 Å². The Morgan fingerprint density at radius 2 is 2.27 bits per heavy atom. The van der Waals surface area contributed by atoms with Gasteiger partial charge in [0, 0.05) is 0 Å². The molecule has 1 rings (SSSR count). The molecule has 1 atom stereocenters. The Balaban J connectivity index is 3.18. The molecule has 1 unspecified atom stereocenters. The van der Waals surface area contributed by atoms with Crippen LogP contribution in [0, 0.1) is 11.3 Å². The van der Waals surface area contributed by atoms with Crippen LogP contribution in [0.5, 0.6) is 5.75 Å². The van der Waals surface area contributed by atoms with Crippen molar-refractivity contribution in [1.29, 1.82) is 5.26 Å². The minimum absolute atomic E-state index is 0.451. The van der Waals surface area contributed by atoms with Crippen molar-refractivity contribution >= 4 is 11.6 Å². The molecular formula is C10H12ClN3O. The van der Waals surface area contributed by atoms with Gasteiger partial charge in [0.2, 0.25) is 0 Å². The summed E-state index contributed by atoms with van der Waals surface area (Å²) in [6, 6.07) is 7.17. The quantitative estimate of drug-likeness (QED) is 0.605. The van der Waals surface area contributed by atoms with Gasteiger partial charge in [-0.2, -0.15) is 5.26 Å². The Kier molecular flexibility index (Phi) is 3.53. The molecule has 0 aliphatic heterocycles. The minimum atomic E-state index is -0.949. The second kappa shape index (κ2) is 4.49. The fraction of sp³-hybridized carbons (Fsp3) is 0.300. The summed E-state index contributed by atoms with van der Waals surface area (Å²) >= 11 is 5.95. The molecule has 0 radical (unpaired) electrons. The van der Waals surface area contributed by atoms with Gasteiger partial charge in [0.15, 0.2) is 0 Å². The third-order valence-electron chi connectivity index (χ3n) is 2.24. The molecule has 5 heteroatoms. The highest BCUT2D eigenvalue weighted by molar-refractivity contribution is 6.32. The Bertz CT molecular complexity index is 402. The van der Waals surface area contributed by atoms with Gasteiger partial charge in [0.05, 0.1) is 18.2 Å². The zero-order chi connectivity index (χ0) is 11.5. The average Bonchev–Trinajstić information content (AvgIpc) is 2.28. The zero-order valence-corrected chi connectivity index (χ0v) is 9.30. The molecule has 15 heavy (non-hydrogen) atoms. The number of nitrogens with two attached hydrogens (primary N) is 1. The second-order valence-electron chi connectivity index (χ2n) is 3.23. The van der Waals surface area contributed by atoms with E-state index in [9.17, 15) is 0 Å². The number of ether oxygens (including phenoxy) is 1. The van der Waals surface area contributed by atoms with Gasteiger partial charge in [-0.05, 0) is 24.6 Å². The molecule has 0 amide bonds. The third-order valence-corrected chi connectivity index (χ3v) is 2.54. The number of hydrazine groups is 1.